The van der Waals surface area contributed by atoms with Gasteiger partial charge in [0.15, 0.2) is 0 Å². The zero-order valence-electron chi connectivity index (χ0n) is 8.36. The Morgan fingerprint density at radius 3 is 2.60 bits per heavy atom. The highest BCUT2D eigenvalue weighted by molar-refractivity contribution is 5.87. The molecule has 0 aromatic heterocycles. The molecule has 1 fully saturated rings. The van der Waals surface area contributed by atoms with Gasteiger partial charge in [0, 0.05) is 6.54 Å². The standard InChI is InChI=1S/C12H13NO2/c14-12(15)11-3-1-9(2-4-11)7-10-5-6-13-8-10/h1-4,7,13H,5-6,8H2,(H,14,15)/b10-7-. The van der Waals surface area contributed by atoms with E-state index in [1.165, 1.54) is 5.57 Å². The summed E-state index contributed by atoms with van der Waals surface area (Å²) in [5.74, 6) is -0.878. The van der Waals surface area contributed by atoms with E-state index in [9.17, 15) is 4.79 Å². The van der Waals surface area contributed by atoms with Crippen LogP contribution in [0.2, 0.25) is 0 Å². The molecule has 0 unspecified atom stereocenters. The van der Waals surface area contributed by atoms with Crippen molar-refractivity contribution in [1.82, 2.24) is 5.32 Å². The molecule has 1 aromatic rings. The minimum Gasteiger partial charge on any atom is -0.478 e. The lowest BCUT2D eigenvalue weighted by Gasteiger charge is -1.98. The first kappa shape index (κ1) is 9.93. The second-order valence-electron chi connectivity index (χ2n) is 3.66. The van der Waals surface area contributed by atoms with Gasteiger partial charge in [-0.1, -0.05) is 23.8 Å². The van der Waals surface area contributed by atoms with Crippen molar-refractivity contribution in [3.05, 3.63) is 41.0 Å². The van der Waals surface area contributed by atoms with Crippen LogP contribution in [0.25, 0.3) is 6.08 Å². The van der Waals surface area contributed by atoms with Crippen LogP contribution in [0.1, 0.15) is 22.3 Å². The van der Waals surface area contributed by atoms with Crippen LogP contribution in [0.15, 0.2) is 29.8 Å². The summed E-state index contributed by atoms with van der Waals surface area (Å²) in [6.45, 7) is 1.99. The molecule has 0 aliphatic carbocycles. The summed E-state index contributed by atoms with van der Waals surface area (Å²) in [6, 6.07) is 6.96. The van der Waals surface area contributed by atoms with E-state index in [1.54, 1.807) is 12.1 Å². The van der Waals surface area contributed by atoms with Crippen molar-refractivity contribution in [3.63, 3.8) is 0 Å². The Labute approximate surface area is 88.4 Å². The maximum absolute atomic E-state index is 10.6. The number of rotatable bonds is 2. The van der Waals surface area contributed by atoms with Gasteiger partial charge in [-0.3, -0.25) is 0 Å². The van der Waals surface area contributed by atoms with Gasteiger partial charge in [-0.15, -0.1) is 0 Å². The van der Waals surface area contributed by atoms with E-state index in [-0.39, 0.29) is 0 Å². The largest absolute Gasteiger partial charge is 0.478 e. The lowest BCUT2D eigenvalue weighted by atomic mass is 10.1. The van der Waals surface area contributed by atoms with Crippen LogP contribution < -0.4 is 5.32 Å². The highest BCUT2D eigenvalue weighted by atomic mass is 16.4. The number of hydrogen-bond donors (Lipinski definition) is 2. The van der Waals surface area contributed by atoms with Crippen LogP contribution in [0.4, 0.5) is 0 Å². The molecule has 15 heavy (non-hydrogen) atoms. The first-order valence-electron chi connectivity index (χ1n) is 4.99. The summed E-state index contributed by atoms with van der Waals surface area (Å²) in [6.07, 6.45) is 3.20. The van der Waals surface area contributed by atoms with E-state index in [1.807, 2.05) is 12.1 Å². The van der Waals surface area contributed by atoms with Crippen LogP contribution in [0.5, 0.6) is 0 Å². The molecule has 1 aliphatic heterocycles. The third kappa shape index (κ3) is 2.44. The molecule has 78 valence electrons. The quantitative estimate of drug-likeness (QED) is 0.770. The SMILES string of the molecule is O=C(O)c1ccc(/C=C2/CCNC2)cc1. The van der Waals surface area contributed by atoms with Crippen LogP contribution in [0.3, 0.4) is 0 Å². The third-order valence-electron chi connectivity index (χ3n) is 2.50. The van der Waals surface area contributed by atoms with Crippen LogP contribution in [0, 0.1) is 0 Å². The van der Waals surface area contributed by atoms with Gasteiger partial charge in [0.1, 0.15) is 0 Å². The van der Waals surface area contributed by atoms with E-state index >= 15 is 0 Å². The lowest BCUT2D eigenvalue weighted by Crippen LogP contribution is -2.04. The van der Waals surface area contributed by atoms with Gasteiger partial charge in [0.25, 0.3) is 0 Å². The van der Waals surface area contributed by atoms with Crippen molar-refractivity contribution < 1.29 is 9.90 Å². The number of benzene rings is 1. The van der Waals surface area contributed by atoms with Crippen molar-refractivity contribution in [2.45, 2.75) is 6.42 Å². The molecule has 3 heteroatoms. The molecule has 1 aliphatic rings. The zero-order chi connectivity index (χ0) is 10.7. The molecule has 0 atom stereocenters. The molecular weight excluding hydrogens is 190 g/mol. The molecule has 0 spiro atoms. The van der Waals surface area contributed by atoms with E-state index in [0.717, 1.165) is 25.1 Å². The Bertz CT molecular complexity index is 385. The molecule has 1 heterocycles. The van der Waals surface area contributed by atoms with Gasteiger partial charge in [-0.2, -0.15) is 0 Å². The number of nitrogens with one attached hydrogen (secondary N) is 1. The Kier molecular flexibility index (Phi) is 2.83. The number of aromatic carboxylic acids is 1. The minimum atomic E-state index is -0.878. The van der Waals surface area contributed by atoms with Gasteiger partial charge < -0.3 is 10.4 Å². The highest BCUT2D eigenvalue weighted by Gasteiger charge is 2.05. The third-order valence-corrected chi connectivity index (χ3v) is 2.50. The van der Waals surface area contributed by atoms with Crippen LogP contribution in [-0.2, 0) is 0 Å². The fourth-order valence-electron chi connectivity index (χ4n) is 1.67. The number of carboxylic acid groups (broad SMARTS) is 1. The molecule has 0 amide bonds. The van der Waals surface area contributed by atoms with Crippen molar-refractivity contribution >= 4 is 12.0 Å². The monoisotopic (exact) mass is 203 g/mol. The van der Waals surface area contributed by atoms with E-state index in [0.29, 0.717) is 5.56 Å². The fraction of sp³-hybridized carbons (Fsp3) is 0.250. The average molecular weight is 203 g/mol. The topological polar surface area (TPSA) is 49.3 Å². The Hall–Kier alpha value is -1.61. The van der Waals surface area contributed by atoms with E-state index in [4.69, 9.17) is 5.11 Å². The molecular formula is C12H13NO2. The van der Waals surface area contributed by atoms with Crippen molar-refractivity contribution in [3.8, 4) is 0 Å². The van der Waals surface area contributed by atoms with Gasteiger partial charge in [-0.25, -0.2) is 4.79 Å². The summed E-state index contributed by atoms with van der Waals surface area (Å²) in [7, 11) is 0. The molecule has 1 aromatic carbocycles. The van der Waals surface area contributed by atoms with E-state index in [2.05, 4.69) is 11.4 Å². The van der Waals surface area contributed by atoms with Gasteiger partial charge in [0.05, 0.1) is 5.56 Å². The van der Waals surface area contributed by atoms with Crippen LogP contribution >= 0.6 is 0 Å². The van der Waals surface area contributed by atoms with Gasteiger partial charge in [0.2, 0.25) is 0 Å². The number of carbonyl (C=O) groups is 1. The first-order chi connectivity index (χ1) is 7.25. The number of hydrogen-bond acceptors (Lipinski definition) is 2. The summed E-state index contributed by atoms with van der Waals surface area (Å²) in [5, 5.41) is 12.0. The van der Waals surface area contributed by atoms with Crippen LogP contribution in [-0.4, -0.2) is 24.2 Å². The molecule has 2 N–H and O–H groups in total. The maximum atomic E-state index is 10.6. The Morgan fingerprint density at radius 1 is 1.33 bits per heavy atom. The molecule has 0 radical (unpaired) electrons. The Balaban J connectivity index is 2.16. The van der Waals surface area contributed by atoms with E-state index < -0.39 is 5.97 Å². The second kappa shape index (κ2) is 4.28. The van der Waals surface area contributed by atoms with Gasteiger partial charge in [-0.05, 0) is 30.7 Å². The number of carboxylic acids is 1. The van der Waals surface area contributed by atoms with Crippen molar-refractivity contribution in [2.24, 2.45) is 0 Å². The Morgan fingerprint density at radius 2 is 2.07 bits per heavy atom. The fourth-order valence-corrected chi connectivity index (χ4v) is 1.67. The average Bonchev–Trinajstić information content (AvgIpc) is 2.71. The lowest BCUT2D eigenvalue weighted by molar-refractivity contribution is 0.0697. The minimum absolute atomic E-state index is 0.335. The second-order valence-corrected chi connectivity index (χ2v) is 3.66. The normalized spacial score (nSPS) is 18.3. The smallest absolute Gasteiger partial charge is 0.335 e. The predicted octanol–water partition coefficient (Wildman–Crippen LogP) is 1.76. The zero-order valence-corrected chi connectivity index (χ0v) is 8.36. The summed E-state index contributed by atoms with van der Waals surface area (Å²) in [4.78, 5) is 10.6. The molecule has 0 bridgehead atoms. The molecule has 3 nitrogen and oxygen atoms in total. The summed E-state index contributed by atoms with van der Waals surface area (Å²) < 4.78 is 0. The predicted molar refractivity (Wildman–Crippen MR) is 58.9 cm³/mol. The van der Waals surface area contributed by atoms with Crippen molar-refractivity contribution in [2.75, 3.05) is 13.1 Å². The molecule has 0 saturated carbocycles. The summed E-state index contributed by atoms with van der Waals surface area (Å²) >= 11 is 0. The maximum Gasteiger partial charge on any atom is 0.335 e. The molecule has 1 saturated heterocycles. The first-order valence-corrected chi connectivity index (χ1v) is 4.99. The molecule has 2 rings (SSSR count). The highest BCUT2D eigenvalue weighted by Crippen LogP contribution is 2.13. The van der Waals surface area contributed by atoms with Crippen molar-refractivity contribution in [1.29, 1.82) is 0 Å². The summed E-state index contributed by atoms with van der Waals surface area (Å²) in [5.41, 5.74) is 2.78. The van der Waals surface area contributed by atoms with Gasteiger partial charge >= 0.3 is 5.97 Å².